The highest BCUT2D eigenvalue weighted by Gasteiger charge is 2.50. The van der Waals surface area contributed by atoms with Gasteiger partial charge in [-0.25, -0.2) is 4.79 Å². The molecule has 1 unspecified atom stereocenters. The Morgan fingerprint density at radius 1 is 1.03 bits per heavy atom. The summed E-state index contributed by atoms with van der Waals surface area (Å²) in [7, 11) is 0. The molecule has 0 aliphatic carbocycles. The van der Waals surface area contributed by atoms with E-state index in [0.717, 1.165) is 73.4 Å². The third kappa shape index (κ3) is 5.30. The van der Waals surface area contributed by atoms with Crippen LogP contribution in [0, 0.1) is 5.92 Å². The smallest absolute Gasteiger partial charge is 0.331 e. The van der Waals surface area contributed by atoms with E-state index in [1.165, 1.54) is 31.5 Å². The lowest BCUT2D eigenvalue weighted by Gasteiger charge is -2.52. The number of hydrogen-bond acceptors (Lipinski definition) is 3. The van der Waals surface area contributed by atoms with Crippen molar-refractivity contribution < 1.29 is 14.0 Å². The molecule has 0 saturated carbocycles. The summed E-state index contributed by atoms with van der Waals surface area (Å²) in [6, 6.07) is 18.5. The standard InChI is InChI=1S/C30H40ClN2O2/c1-30(26-11-5-4-6-12-26,32-17-7-2-3-8-18-32)29(34)35-28-23-33(20-15-25(28)16-21-33)19-14-24-10-9-13-27(31)22-24/h4-6,9-13,22,25,28H,2-3,7-8,14-21,23H2,1H3/q+1/t25?,28-,30?,33?/m0/s1. The average molecular weight is 496 g/mol. The van der Waals surface area contributed by atoms with E-state index in [1.54, 1.807) is 0 Å². The maximum atomic E-state index is 14.1. The third-order valence-corrected chi connectivity index (χ3v) is 9.27. The molecule has 0 N–H and O–H groups in total. The summed E-state index contributed by atoms with van der Waals surface area (Å²) in [6.45, 7) is 8.43. The topological polar surface area (TPSA) is 29.5 Å². The van der Waals surface area contributed by atoms with Crippen molar-refractivity contribution in [1.29, 1.82) is 0 Å². The van der Waals surface area contributed by atoms with E-state index in [-0.39, 0.29) is 12.1 Å². The minimum Gasteiger partial charge on any atom is -0.454 e. The number of likely N-dealkylation sites (tertiary alicyclic amines) is 1. The number of fused-ring (bicyclic) bond motifs is 3. The van der Waals surface area contributed by atoms with E-state index < -0.39 is 5.54 Å². The van der Waals surface area contributed by atoms with Crippen LogP contribution in [0.5, 0.6) is 0 Å². The second-order valence-electron chi connectivity index (χ2n) is 11.2. The molecular weight excluding hydrogens is 456 g/mol. The normalized spacial score (nSPS) is 28.7. The maximum Gasteiger partial charge on any atom is 0.331 e. The van der Waals surface area contributed by atoms with Gasteiger partial charge in [-0.15, -0.1) is 0 Å². The lowest BCUT2D eigenvalue weighted by molar-refractivity contribution is -0.946. The number of hydrogen-bond donors (Lipinski definition) is 0. The molecule has 2 aromatic rings. The Hall–Kier alpha value is -1.88. The van der Waals surface area contributed by atoms with Crippen molar-refractivity contribution >= 4 is 17.6 Å². The molecule has 2 atom stereocenters. The maximum absolute atomic E-state index is 14.1. The summed E-state index contributed by atoms with van der Waals surface area (Å²) in [5, 5.41) is 0.806. The van der Waals surface area contributed by atoms with Crippen LogP contribution in [0.3, 0.4) is 0 Å². The van der Waals surface area contributed by atoms with Crippen LogP contribution in [0.25, 0.3) is 0 Å². The average Bonchev–Trinajstić information content (AvgIpc) is 3.18. The largest absolute Gasteiger partial charge is 0.454 e. The van der Waals surface area contributed by atoms with E-state index in [0.29, 0.717) is 5.92 Å². The van der Waals surface area contributed by atoms with Crippen LogP contribution < -0.4 is 0 Å². The second kappa shape index (κ2) is 10.6. The molecule has 4 aliphatic rings. The predicted molar refractivity (Wildman–Crippen MR) is 141 cm³/mol. The van der Waals surface area contributed by atoms with Crippen LogP contribution in [0.2, 0.25) is 5.02 Å². The van der Waals surface area contributed by atoms with Crippen LogP contribution in [0.15, 0.2) is 54.6 Å². The van der Waals surface area contributed by atoms with Crippen LogP contribution >= 0.6 is 11.6 Å². The van der Waals surface area contributed by atoms with Gasteiger partial charge in [-0.05, 0) is 56.1 Å². The van der Waals surface area contributed by atoms with Gasteiger partial charge in [0.05, 0.1) is 19.6 Å². The summed E-state index contributed by atoms with van der Waals surface area (Å²) in [6.07, 6.45) is 8.11. The van der Waals surface area contributed by atoms with Crippen molar-refractivity contribution in [1.82, 2.24) is 4.90 Å². The first kappa shape index (κ1) is 24.8. The number of halogens is 1. The van der Waals surface area contributed by atoms with Gasteiger partial charge in [0, 0.05) is 30.2 Å². The first-order chi connectivity index (χ1) is 17.0. The first-order valence-corrected chi connectivity index (χ1v) is 14.0. The summed E-state index contributed by atoms with van der Waals surface area (Å²) >= 11 is 6.22. The van der Waals surface area contributed by atoms with Crippen molar-refractivity contribution in [2.75, 3.05) is 39.3 Å². The number of piperidine rings is 3. The van der Waals surface area contributed by atoms with Gasteiger partial charge >= 0.3 is 5.97 Å². The SMILES string of the molecule is CC(C(=O)O[C@H]1C[N+]2(CCc3cccc(Cl)c3)CCC1CC2)(c1ccccc1)N1CCCCCC1. The number of esters is 1. The summed E-state index contributed by atoms with van der Waals surface area (Å²) in [5.41, 5.74) is 1.62. The zero-order valence-corrected chi connectivity index (χ0v) is 21.9. The highest BCUT2D eigenvalue weighted by molar-refractivity contribution is 6.30. The molecule has 188 valence electrons. The molecule has 4 heterocycles. The monoisotopic (exact) mass is 495 g/mol. The highest BCUT2D eigenvalue weighted by atomic mass is 35.5. The van der Waals surface area contributed by atoms with E-state index in [2.05, 4.69) is 36.1 Å². The van der Waals surface area contributed by atoms with Gasteiger partial charge in [0.2, 0.25) is 0 Å². The lowest BCUT2D eigenvalue weighted by atomic mass is 9.82. The molecule has 4 saturated heterocycles. The molecule has 0 radical (unpaired) electrons. The molecule has 0 aromatic heterocycles. The van der Waals surface area contributed by atoms with Crippen molar-refractivity contribution in [3.8, 4) is 0 Å². The van der Waals surface area contributed by atoms with E-state index in [4.69, 9.17) is 16.3 Å². The lowest BCUT2D eigenvalue weighted by Crippen LogP contribution is -2.65. The van der Waals surface area contributed by atoms with Crippen LogP contribution in [-0.4, -0.2) is 60.7 Å². The molecular formula is C30H40ClN2O2+. The number of nitrogens with zero attached hydrogens (tertiary/aromatic N) is 2. The Kier molecular flexibility index (Phi) is 7.52. The summed E-state index contributed by atoms with van der Waals surface area (Å²) in [4.78, 5) is 16.4. The molecule has 4 nitrogen and oxygen atoms in total. The van der Waals surface area contributed by atoms with E-state index >= 15 is 0 Å². The number of rotatable bonds is 7. The number of carbonyl (C=O) groups excluding carboxylic acids is 1. The fourth-order valence-electron chi connectivity index (χ4n) is 6.69. The van der Waals surface area contributed by atoms with Crippen LogP contribution in [-0.2, 0) is 21.5 Å². The number of carbonyl (C=O) groups is 1. The van der Waals surface area contributed by atoms with E-state index in [1.807, 2.05) is 30.3 Å². The number of quaternary nitrogens is 1. The Morgan fingerprint density at radius 3 is 2.43 bits per heavy atom. The molecule has 0 amide bonds. The quantitative estimate of drug-likeness (QED) is 0.357. The van der Waals surface area contributed by atoms with Gasteiger partial charge in [0.15, 0.2) is 6.10 Å². The van der Waals surface area contributed by atoms with E-state index in [9.17, 15) is 4.79 Å². The van der Waals surface area contributed by atoms with Gasteiger partial charge in [0.1, 0.15) is 12.1 Å². The minimum absolute atomic E-state index is 0.0133. The predicted octanol–water partition coefficient (Wildman–Crippen LogP) is 5.83. The summed E-state index contributed by atoms with van der Waals surface area (Å²) < 4.78 is 7.58. The number of ether oxygens (including phenoxy) is 1. The molecule has 0 spiro atoms. The van der Waals surface area contributed by atoms with Crippen molar-refractivity contribution in [3.05, 3.63) is 70.7 Å². The van der Waals surface area contributed by atoms with Gasteiger partial charge in [-0.1, -0.05) is 66.9 Å². The highest BCUT2D eigenvalue weighted by Crippen LogP contribution is 2.38. The Bertz CT molecular complexity index is 996. The van der Waals surface area contributed by atoms with Gasteiger partial charge < -0.3 is 9.22 Å². The minimum atomic E-state index is -0.733. The van der Waals surface area contributed by atoms with Crippen LogP contribution in [0.1, 0.15) is 56.6 Å². The fraction of sp³-hybridized carbons (Fsp3) is 0.567. The Morgan fingerprint density at radius 2 is 1.74 bits per heavy atom. The molecule has 4 fully saturated rings. The molecule has 5 heteroatoms. The second-order valence-corrected chi connectivity index (χ2v) is 11.6. The molecule has 4 aliphatic heterocycles. The van der Waals surface area contributed by atoms with Gasteiger partial charge in [0.25, 0.3) is 0 Å². The van der Waals surface area contributed by atoms with Crippen LogP contribution in [0.4, 0.5) is 0 Å². The Labute approximate surface area is 215 Å². The zero-order valence-electron chi connectivity index (χ0n) is 21.1. The molecule has 35 heavy (non-hydrogen) atoms. The zero-order chi connectivity index (χ0) is 24.3. The van der Waals surface area contributed by atoms with Crippen molar-refractivity contribution in [2.45, 2.75) is 63.5 Å². The molecule has 2 bridgehead atoms. The van der Waals surface area contributed by atoms with Gasteiger partial charge in [-0.2, -0.15) is 0 Å². The fourth-order valence-corrected chi connectivity index (χ4v) is 6.90. The Balaban J connectivity index is 1.32. The first-order valence-electron chi connectivity index (χ1n) is 13.6. The van der Waals surface area contributed by atoms with Crippen molar-refractivity contribution in [2.24, 2.45) is 5.92 Å². The molecule has 6 rings (SSSR count). The third-order valence-electron chi connectivity index (χ3n) is 9.04. The number of benzene rings is 2. The summed E-state index contributed by atoms with van der Waals surface area (Å²) in [5.74, 6) is 0.437. The molecule has 2 aromatic carbocycles. The van der Waals surface area contributed by atoms with Crippen molar-refractivity contribution in [3.63, 3.8) is 0 Å². The van der Waals surface area contributed by atoms with Gasteiger partial charge in [-0.3, -0.25) is 4.90 Å².